The van der Waals surface area contributed by atoms with E-state index in [1.165, 1.54) is 18.3 Å². The first-order valence-corrected chi connectivity index (χ1v) is 8.84. The summed E-state index contributed by atoms with van der Waals surface area (Å²) in [6.07, 6.45) is 1.08. The molecule has 1 unspecified atom stereocenters. The highest BCUT2D eigenvalue weighted by Crippen LogP contribution is 2.33. The Morgan fingerprint density at radius 2 is 2.06 bits per heavy atom. The van der Waals surface area contributed by atoms with Crippen LogP contribution < -0.4 is 0 Å². The molecule has 0 bridgehead atoms. The summed E-state index contributed by atoms with van der Waals surface area (Å²) in [4.78, 5) is 12.2. The summed E-state index contributed by atoms with van der Waals surface area (Å²) in [5.41, 5.74) is 0.481. The van der Waals surface area contributed by atoms with Crippen LogP contribution in [0.1, 0.15) is 17.3 Å². The highest BCUT2D eigenvalue weighted by atomic mass is 79.9. The summed E-state index contributed by atoms with van der Waals surface area (Å²) >= 11 is 4.85. The third-order valence-electron chi connectivity index (χ3n) is 2.83. The number of carbonyl (C=O) groups is 1. The van der Waals surface area contributed by atoms with E-state index in [1.54, 1.807) is 5.38 Å². The zero-order chi connectivity index (χ0) is 13.5. The average molecular weight is 347 g/mol. The molecule has 0 aliphatic carbocycles. The number of carbonyl (C=O) groups excluding carboxylic acids is 1. The van der Waals surface area contributed by atoms with E-state index in [2.05, 4.69) is 15.9 Å². The Morgan fingerprint density at radius 1 is 1.39 bits per heavy atom. The van der Waals surface area contributed by atoms with Gasteiger partial charge in [-0.05, 0) is 28.9 Å². The average Bonchev–Trinajstić information content (AvgIpc) is 2.71. The third-order valence-corrected chi connectivity index (χ3v) is 6.28. The molecule has 1 aromatic heterocycles. The van der Waals surface area contributed by atoms with E-state index in [1.807, 2.05) is 18.2 Å². The molecule has 0 amide bonds. The van der Waals surface area contributed by atoms with Crippen molar-refractivity contribution < 1.29 is 13.2 Å². The van der Waals surface area contributed by atoms with E-state index in [4.69, 9.17) is 0 Å². The third kappa shape index (κ3) is 2.37. The molecular weight excluding hydrogens is 336 g/mol. The molecule has 1 heterocycles. The van der Waals surface area contributed by atoms with Crippen molar-refractivity contribution in [3.05, 3.63) is 33.6 Å². The number of sulfone groups is 1. The van der Waals surface area contributed by atoms with Crippen LogP contribution in [-0.4, -0.2) is 25.7 Å². The first kappa shape index (κ1) is 13.7. The molecule has 0 fully saturated rings. The number of benzene rings is 1. The minimum atomic E-state index is -3.36. The predicted molar refractivity (Wildman–Crippen MR) is 78.2 cm³/mol. The summed E-state index contributed by atoms with van der Waals surface area (Å²) in [5, 5.41) is 1.52. The van der Waals surface area contributed by atoms with Crippen LogP contribution in [0.25, 0.3) is 10.1 Å². The van der Waals surface area contributed by atoms with E-state index in [0.717, 1.165) is 20.8 Å². The number of thiophene rings is 1. The van der Waals surface area contributed by atoms with Crippen LogP contribution >= 0.6 is 27.3 Å². The molecule has 0 aliphatic rings. The Labute approximate surface area is 118 Å². The summed E-state index contributed by atoms with van der Waals surface area (Å²) in [5.74, 6) is -0.346. The molecule has 6 heteroatoms. The van der Waals surface area contributed by atoms with Gasteiger partial charge in [-0.3, -0.25) is 4.79 Å². The minimum absolute atomic E-state index is 0.346. The number of rotatable bonds is 3. The fourth-order valence-corrected chi connectivity index (χ4v) is 3.75. The minimum Gasteiger partial charge on any atom is -0.293 e. The molecule has 0 radical (unpaired) electrons. The van der Waals surface area contributed by atoms with Gasteiger partial charge in [0.2, 0.25) is 0 Å². The predicted octanol–water partition coefficient (Wildman–Crippen LogP) is 3.28. The number of hydrogen-bond donors (Lipinski definition) is 0. The second kappa shape index (κ2) is 4.75. The topological polar surface area (TPSA) is 51.2 Å². The van der Waals surface area contributed by atoms with Gasteiger partial charge in [0, 0.05) is 31.8 Å². The SMILES string of the molecule is CC(C(=O)c1csc2c(Br)cccc12)S(C)(=O)=O. The Morgan fingerprint density at radius 3 is 2.67 bits per heavy atom. The molecule has 1 aromatic carbocycles. The normalized spacial score (nSPS) is 13.7. The van der Waals surface area contributed by atoms with Crippen LogP contribution in [0.2, 0.25) is 0 Å². The molecular formula is C12H11BrO3S2. The second-order valence-electron chi connectivity index (χ2n) is 4.10. The maximum atomic E-state index is 12.2. The number of hydrogen-bond acceptors (Lipinski definition) is 4. The van der Waals surface area contributed by atoms with Crippen molar-refractivity contribution in [2.45, 2.75) is 12.2 Å². The lowest BCUT2D eigenvalue weighted by molar-refractivity contribution is 0.0993. The zero-order valence-corrected chi connectivity index (χ0v) is 13.0. The molecule has 1 atom stereocenters. The van der Waals surface area contributed by atoms with Gasteiger partial charge in [-0.1, -0.05) is 12.1 Å². The fraction of sp³-hybridized carbons (Fsp3) is 0.250. The number of fused-ring (bicyclic) bond motifs is 1. The lowest BCUT2D eigenvalue weighted by Crippen LogP contribution is -2.26. The Hall–Kier alpha value is -0.720. The van der Waals surface area contributed by atoms with E-state index < -0.39 is 15.1 Å². The van der Waals surface area contributed by atoms with Gasteiger partial charge in [0.25, 0.3) is 0 Å². The van der Waals surface area contributed by atoms with E-state index in [0.29, 0.717) is 5.56 Å². The molecule has 0 spiro atoms. The molecule has 0 saturated carbocycles. The maximum absolute atomic E-state index is 12.2. The Balaban J connectivity index is 2.56. The molecule has 0 saturated heterocycles. The number of halogens is 1. The van der Waals surface area contributed by atoms with Crippen LogP contribution in [0.4, 0.5) is 0 Å². The van der Waals surface area contributed by atoms with Crippen LogP contribution in [0.5, 0.6) is 0 Å². The Kier molecular flexibility index (Phi) is 3.62. The maximum Gasteiger partial charge on any atom is 0.182 e. The highest BCUT2D eigenvalue weighted by molar-refractivity contribution is 9.10. The van der Waals surface area contributed by atoms with Gasteiger partial charge in [0.15, 0.2) is 15.6 Å². The lowest BCUT2D eigenvalue weighted by atomic mass is 10.1. The molecule has 0 N–H and O–H groups in total. The standard InChI is InChI=1S/C12H11BrO3S2/c1-7(18(2,15)16)11(14)9-6-17-12-8(9)4-3-5-10(12)13/h3-7H,1-2H3. The van der Waals surface area contributed by atoms with Crippen LogP contribution in [0.3, 0.4) is 0 Å². The molecule has 0 aliphatic heterocycles. The van der Waals surface area contributed by atoms with Crippen molar-refractivity contribution in [1.82, 2.24) is 0 Å². The smallest absolute Gasteiger partial charge is 0.182 e. The highest BCUT2D eigenvalue weighted by Gasteiger charge is 2.26. The van der Waals surface area contributed by atoms with Gasteiger partial charge >= 0.3 is 0 Å². The number of ketones is 1. The van der Waals surface area contributed by atoms with Gasteiger partial charge < -0.3 is 0 Å². The van der Waals surface area contributed by atoms with Crippen molar-refractivity contribution in [3.8, 4) is 0 Å². The summed E-state index contributed by atoms with van der Waals surface area (Å²) in [6, 6.07) is 5.56. The van der Waals surface area contributed by atoms with Gasteiger partial charge in [-0.15, -0.1) is 11.3 Å². The quantitative estimate of drug-likeness (QED) is 0.801. The molecule has 3 nitrogen and oxygen atoms in total. The van der Waals surface area contributed by atoms with Crippen molar-refractivity contribution >= 4 is 53.0 Å². The lowest BCUT2D eigenvalue weighted by Gasteiger charge is -2.07. The Bertz CT molecular complexity index is 716. The summed E-state index contributed by atoms with van der Waals surface area (Å²) < 4.78 is 24.8. The first-order valence-electron chi connectivity index (χ1n) is 5.21. The molecule has 96 valence electrons. The fourth-order valence-electron chi connectivity index (χ4n) is 1.63. The molecule has 18 heavy (non-hydrogen) atoms. The monoisotopic (exact) mass is 346 g/mol. The summed E-state index contributed by atoms with van der Waals surface area (Å²) in [7, 11) is -3.36. The van der Waals surface area contributed by atoms with Crippen molar-refractivity contribution in [2.24, 2.45) is 0 Å². The van der Waals surface area contributed by atoms with Gasteiger partial charge in [-0.2, -0.15) is 0 Å². The van der Waals surface area contributed by atoms with Crippen LogP contribution in [-0.2, 0) is 9.84 Å². The summed E-state index contributed by atoms with van der Waals surface area (Å²) in [6.45, 7) is 1.43. The van der Waals surface area contributed by atoms with Crippen LogP contribution in [0, 0.1) is 0 Å². The second-order valence-corrected chi connectivity index (χ2v) is 8.20. The van der Waals surface area contributed by atoms with Gasteiger partial charge in [-0.25, -0.2) is 8.42 Å². The largest absolute Gasteiger partial charge is 0.293 e. The van der Waals surface area contributed by atoms with Crippen molar-refractivity contribution in [3.63, 3.8) is 0 Å². The zero-order valence-electron chi connectivity index (χ0n) is 9.81. The molecule has 2 aromatic rings. The van der Waals surface area contributed by atoms with E-state index in [-0.39, 0.29) is 5.78 Å². The van der Waals surface area contributed by atoms with Crippen molar-refractivity contribution in [2.75, 3.05) is 6.26 Å². The molecule has 2 rings (SSSR count). The van der Waals surface area contributed by atoms with Crippen molar-refractivity contribution in [1.29, 1.82) is 0 Å². The first-order chi connectivity index (χ1) is 8.32. The van der Waals surface area contributed by atoms with E-state index in [9.17, 15) is 13.2 Å². The number of Topliss-reactive ketones (excluding diaryl/α,β-unsaturated/α-hetero) is 1. The van der Waals surface area contributed by atoms with E-state index >= 15 is 0 Å². The van der Waals surface area contributed by atoms with Gasteiger partial charge in [0.1, 0.15) is 5.25 Å². The van der Waals surface area contributed by atoms with Gasteiger partial charge in [0.05, 0.1) is 0 Å². The van der Waals surface area contributed by atoms with Crippen LogP contribution in [0.15, 0.2) is 28.1 Å².